The maximum atomic E-state index is 3.53. The number of fused-ring (bicyclic) bond motifs is 12. The molecule has 0 heterocycles. The van der Waals surface area contributed by atoms with Crippen LogP contribution in [0.2, 0.25) is 0 Å². The van der Waals surface area contributed by atoms with Crippen LogP contribution in [0.25, 0.3) is 33.4 Å². The van der Waals surface area contributed by atoms with Crippen molar-refractivity contribution in [2.45, 2.75) is 135 Å². The van der Waals surface area contributed by atoms with Crippen molar-refractivity contribution in [2.75, 3.05) is 0 Å². The minimum absolute atomic E-state index is 0.311. The molecule has 13 rings (SSSR count). The molecule has 12 aliphatic carbocycles. The van der Waals surface area contributed by atoms with Crippen LogP contribution in [0.4, 0.5) is 0 Å². The van der Waals surface area contributed by atoms with Crippen LogP contribution < -0.4 is 31.3 Å². The van der Waals surface area contributed by atoms with Crippen LogP contribution in [0.1, 0.15) is 135 Å². The summed E-state index contributed by atoms with van der Waals surface area (Å²) in [6.07, 6.45) is 67.4. The van der Waals surface area contributed by atoms with Gasteiger partial charge in [0.2, 0.25) is 0 Å². The van der Waals surface area contributed by atoms with Crippen molar-refractivity contribution in [1.29, 1.82) is 0 Å². The molecule has 3 unspecified atom stereocenters. The molecule has 426 valence electrons. The molecule has 6 fully saturated rings. The monoisotopic (exact) mass is 1150 g/mol. The van der Waals surface area contributed by atoms with E-state index in [9.17, 15) is 0 Å². The molecular formula is C90H66. The van der Waals surface area contributed by atoms with Gasteiger partial charge in [0.1, 0.15) is 0 Å². The third-order valence-electron chi connectivity index (χ3n) is 18.7. The van der Waals surface area contributed by atoms with Gasteiger partial charge in [-0.15, -0.1) is 0 Å². The van der Waals surface area contributed by atoms with Gasteiger partial charge in [0.05, 0.1) is 31.3 Å². The lowest BCUT2D eigenvalue weighted by atomic mass is 9.79. The zero-order chi connectivity index (χ0) is 60.5. The highest BCUT2D eigenvalue weighted by Gasteiger charge is 2.27. The summed E-state index contributed by atoms with van der Waals surface area (Å²) in [4.78, 5) is 0. The Morgan fingerprint density at radius 1 is 0.211 bits per heavy atom. The molecule has 6 saturated carbocycles. The maximum absolute atomic E-state index is 3.53. The Morgan fingerprint density at radius 2 is 0.411 bits per heavy atom. The molecule has 3 atom stereocenters. The van der Waals surface area contributed by atoms with E-state index in [2.05, 4.69) is 273 Å². The van der Waals surface area contributed by atoms with E-state index in [4.69, 9.17) is 0 Å². The van der Waals surface area contributed by atoms with Gasteiger partial charge in [-0.2, -0.15) is 0 Å². The van der Waals surface area contributed by atoms with Crippen molar-refractivity contribution in [1.82, 2.24) is 0 Å². The summed E-state index contributed by atoms with van der Waals surface area (Å²) < 4.78 is 0. The first kappa shape index (κ1) is 58.3. The molecule has 1 aromatic rings. The van der Waals surface area contributed by atoms with Gasteiger partial charge in [-0.3, -0.25) is 0 Å². The average Bonchev–Trinajstić information content (AvgIpc) is 3.44. The summed E-state index contributed by atoms with van der Waals surface area (Å²) in [6.45, 7) is 0. The molecule has 0 heteroatoms. The van der Waals surface area contributed by atoms with E-state index in [0.717, 1.165) is 167 Å². The summed E-state index contributed by atoms with van der Waals surface area (Å²) in [6, 6.07) is 81.6. The third kappa shape index (κ3) is 13.7. The minimum atomic E-state index is 0.311. The van der Waals surface area contributed by atoms with Crippen molar-refractivity contribution >= 4 is 33.4 Å². The van der Waals surface area contributed by atoms with Crippen molar-refractivity contribution in [2.24, 2.45) is 17.8 Å². The van der Waals surface area contributed by atoms with Crippen molar-refractivity contribution < 1.29 is 0 Å². The van der Waals surface area contributed by atoms with E-state index in [0.29, 0.717) is 33.4 Å². The SMILES string of the molecule is c1c#cc(=C2C3=CC=CC=C2CCC3)c#cc#cc(=C2C3=CC=CCC2CCC3)c#cc#cc(=C2C3=CC=CCC2CCC3)c#cc#cc(=C2C3=CC=CCC2CCC3)c#cc#cc(=C2C3=CC=CC=C2CCC3)c#cc#cc(=C2C3=CC=CC=C2CCC3)c#1. The number of hydrogen-bond donors (Lipinski definition) is 0. The second kappa shape index (κ2) is 28.8. The van der Waals surface area contributed by atoms with Crippen molar-refractivity contribution in [3.63, 3.8) is 0 Å². The number of allylic oxidation sites excluding steroid dienone is 30. The van der Waals surface area contributed by atoms with Crippen LogP contribution in [-0.4, -0.2) is 0 Å². The van der Waals surface area contributed by atoms with Crippen LogP contribution in [0.5, 0.6) is 0 Å². The molecule has 0 radical (unpaired) electrons. The molecule has 0 saturated heterocycles. The van der Waals surface area contributed by atoms with Crippen LogP contribution in [0, 0.1) is 163 Å². The molecule has 90 heavy (non-hydrogen) atoms. The van der Waals surface area contributed by atoms with E-state index in [1.54, 1.807) is 0 Å². The van der Waals surface area contributed by atoms with Crippen LogP contribution in [0.15, 0.2) is 178 Å². The largest absolute Gasteiger partial charge is 0.0842 e. The van der Waals surface area contributed by atoms with Gasteiger partial charge in [-0.1, -0.05) is 128 Å². The highest BCUT2D eigenvalue weighted by Crippen LogP contribution is 2.41. The molecule has 1 aromatic carbocycles. The lowest BCUT2D eigenvalue weighted by molar-refractivity contribution is 0.550. The van der Waals surface area contributed by atoms with E-state index < -0.39 is 0 Å². The zero-order valence-electron chi connectivity index (χ0n) is 51.2. The molecule has 0 aliphatic heterocycles. The van der Waals surface area contributed by atoms with Crippen molar-refractivity contribution in [3.05, 3.63) is 355 Å². The predicted octanol–water partition coefficient (Wildman–Crippen LogP) is 14.4. The fourth-order valence-electron chi connectivity index (χ4n) is 14.7. The fraction of sp³-hybridized carbons (Fsp3) is 0.267. The maximum Gasteiger partial charge on any atom is 0.0842 e. The Morgan fingerprint density at radius 3 is 0.644 bits per heavy atom. The molecule has 0 amide bonds. The highest BCUT2D eigenvalue weighted by molar-refractivity contribution is 5.82. The summed E-state index contributed by atoms with van der Waals surface area (Å²) in [7, 11) is 0. The second-order valence-corrected chi connectivity index (χ2v) is 24.3. The zero-order valence-corrected chi connectivity index (χ0v) is 51.2. The van der Waals surface area contributed by atoms with Gasteiger partial charge in [0.15, 0.2) is 0 Å². The summed E-state index contributed by atoms with van der Waals surface area (Å²) >= 11 is 0. The third-order valence-corrected chi connectivity index (χ3v) is 18.7. The Bertz CT molecular complexity index is 4080. The summed E-state index contributed by atoms with van der Waals surface area (Å²) in [5.41, 5.74) is 18.1. The molecule has 12 bridgehead atoms. The first-order chi connectivity index (χ1) is 44.7. The van der Waals surface area contributed by atoms with Crippen LogP contribution >= 0.6 is 0 Å². The molecule has 12 aliphatic rings. The van der Waals surface area contributed by atoms with E-state index in [1.165, 1.54) is 66.9 Å². The second-order valence-electron chi connectivity index (χ2n) is 24.3. The van der Waals surface area contributed by atoms with Crippen LogP contribution in [0.3, 0.4) is 0 Å². The fourth-order valence-corrected chi connectivity index (χ4v) is 14.7. The van der Waals surface area contributed by atoms with Crippen molar-refractivity contribution in [3.8, 4) is 0 Å². The minimum Gasteiger partial charge on any atom is -0.0839 e. The first-order valence-corrected chi connectivity index (χ1v) is 32.6. The number of hydrogen-bond acceptors (Lipinski definition) is 0. The summed E-state index contributed by atoms with van der Waals surface area (Å²) in [5.74, 6) is 0.937. The van der Waals surface area contributed by atoms with Crippen LogP contribution in [-0.2, 0) is 0 Å². The Labute approximate surface area is 537 Å². The van der Waals surface area contributed by atoms with E-state index in [-0.39, 0.29) is 0 Å². The average molecular weight is 1150 g/mol. The molecule has 0 N–H and O–H groups in total. The highest BCUT2D eigenvalue weighted by atomic mass is 14.3. The van der Waals surface area contributed by atoms with E-state index in [1.807, 2.05) is 0 Å². The van der Waals surface area contributed by atoms with Gasteiger partial charge in [-0.05, 0) is 365 Å². The topological polar surface area (TPSA) is 0 Å². The number of rotatable bonds is 0. The molecule has 0 nitrogen and oxygen atoms in total. The molecule has 0 aromatic heterocycles. The Kier molecular flexibility index (Phi) is 18.7. The smallest absolute Gasteiger partial charge is 0.0839 e. The lowest BCUT2D eigenvalue weighted by Gasteiger charge is -2.25. The standard InChI is InChI=1S/C90H66/c1-2-32-68(86-75-45-15-16-46-76(86)58-26-57-75)34-5-6-36-70(88-79-49-19-20-50-80(88)62-28-61-79)38-9-10-40-72(90-83-53-23-24-54-84(90)66-30-65-83)42-12-11-41-71(89-81-51-21-22-52-82(89)64-29-63-81)39-8-7-37-69(87-77-47-17-18-48-78(87)60-27-59-77)35-4-3-33-67(31-1)85-73-43-13-14-44-74(85)56-25-55-73/h13-24,43-49,51,53,80,82,84H,25-30,50,52,54-66H2. The molecule has 0 spiro atoms. The van der Waals surface area contributed by atoms with Gasteiger partial charge >= 0.3 is 0 Å². The van der Waals surface area contributed by atoms with Gasteiger partial charge in [-0.25, -0.2) is 0 Å². The first-order valence-electron chi connectivity index (χ1n) is 32.6. The normalized spacial score (nSPS) is 22.4. The van der Waals surface area contributed by atoms with Gasteiger partial charge < -0.3 is 0 Å². The molecular weight excluding hydrogens is 1080 g/mol. The van der Waals surface area contributed by atoms with E-state index >= 15 is 0 Å². The lowest BCUT2D eigenvalue weighted by Crippen LogP contribution is -2.17. The summed E-state index contributed by atoms with van der Waals surface area (Å²) in [5, 5.41) is 4.45. The predicted molar refractivity (Wildman–Crippen MR) is 357 cm³/mol. The Hall–Kier alpha value is -10.7. The quantitative estimate of drug-likeness (QED) is 0.243. The van der Waals surface area contributed by atoms with Gasteiger partial charge in [0, 0.05) is 16.7 Å². The Balaban J connectivity index is 1.09. The van der Waals surface area contributed by atoms with Gasteiger partial charge in [0.25, 0.3) is 0 Å².